The Kier molecular flexibility index (Phi) is 4.47. The second-order valence-electron chi connectivity index (χ2n) is 1.74. The van der Waals surface area contributed by atoms with Gasteiger partial charge in [-0.1, -0.05) is 35.9 Å². The van der Waals surface area contributed by atoms with Gasteiger partial charge in [0.1, 0.15) is 0 Å². The van der Waals surface area contributed by atoms with Gasteiger partial charge in [-0.25, -0.2) is 0 Å². The van der Waals surface area contributed by atoms with Crippen molar-refractivity contribution in [1.82, 2.24) is 0 Å². The molecule has 0 fully saturated rings. The van der Waals surface area contributed by atoms with Gasteiger partial charge in [0, 0.05) is 17.1 Å². The van der Waals surface area contributed by atoms with E-state index in [9.17, 15) is 0 Å². The minimum absolute atomic E-state index is 0. The van der Waals surface area contributed by atoms with E-state index in [0.29, 0.717) is 0 Å². The number of benzene rings is 1. The van der Waals surface area contributed by atoms with Gasteiger partial charge in [0.25, 0.3) is 0 Å². The van der Waals surface area contributed by atoms with E-state index >= 15 is 0 Å². The summed E-state index contributed by atoms with van der Waals surface area (Å²) < 4.78 is 0. The normalized spacial score (nSPS) is 8.11. The van der Waals surface area contributed by atoms with Crippen molar-refractivity contribution in [2.75, 3.05) is 0 Å². The van der Waals surface area contributed by atoms with E-state index in [1.54, 1.807) is 0 Å². The monoisotopic (exact) mass is 161 g/mol. The maximum atomic E-state index is 3.76. The van der Waals surface area contributed by atoms with Crippen molar-refractivity contribution < 1.29 is 17.1 Å². The van der Waals surface area contributed by atoms with Crippen LogP contribution in [0.15, 0.2) is 30.3 Å². The van der Waals surface area contributed by atoms with E-state index in [1.165, 1.54) is 5.56 Å². The average Bonchev–Trinajstić information content (AvgIpc) is 1.90. The average molecular weight is 161 g/mol. The van der Waals surface area contributed by atoms with Gasteiger partial charge < -0.3 is 6.92 Å². The topological polar surface area (TPSA) is 0 Å². The maximum Gasteiger partial charge on any atom is 0 e. The number of rotatable bonds is 1. The molecular weight excluding hydrogens is 152 g/mol. The maximum absolute atomic E-state index is 3.76. The molecule has 9 heavy (non-hydrogen) atoms. The van der Waals surface area contributed by atoms with Crippen molar-refractivity contribution in [2.24, 2.45) is 0 Å². The smallest absolute Gasteiger partial charge is 0 e. The van der Waals surface area contributed by atoms with Crippen molar-refractivity contribution in [1.29, 1.82) is 0 Å². The van der Waals surface area contributed by atoms with Crippen molar-refractivity contribution >= 4 is 0 Å². The molecule has 0 aliphatic carbocycles. The van der Waals surface area contributed by atoms with Crippen molar-refractivity contribution in [3.63, 3.8) is 0 Å². The van der Waals surface area contributed by atoms with Gasteiger partial charge in [-0.15, -0.1) is 0 Å². The number of hydrogen-bond acceptors (Lipinski definition) is 0. The van der Waals surface area contributed by atoms with Crippen LogP contribution in [0.5, 0.6) is 0 Å². The fourth-order valence-electron chi connectivity index (χ4n) is 0.645. The zero-order valence-corrected chi connectivity index (χ0v) is 6.26. The molecule has 1 aromatic carbocycles. The van der Waals surface area contributed by atoms with Gasteiger partial charge in [0.2, 0.25) is 0 Å². The summed E-state index contributed by atoms with van der Waals surface area (Å²) in [7, 11) is 0. The molecule has 50 valence electrons. The van der Waals surface area contributed by atoms with Crippen LogP contribution < -0.4 is 0 Å². The molecule has 0 spiro atoms. The second-order valence-corrected chi connectivity index (χ2v) is 1.74. The Labute approximate surface area is 66.8 Å². The molecule has 0 atom stereocenters. The second kappa shape index (κ2) is 4.60. The summed E-state index contributed by atoms with van der Waals surface area (Å²) in [4.78, 5) is 0. The molecule has 0 aliphatic rings. The van der Waals surface area contributed by atoms with Crippen molar-refractivity contribution in [3.05, 3.63) is 42.8 Å². The SMILES string of the molecule is [CH2-]Cc1ccccc1.[Fe]. The fraction of sp³-hybridized carbons (Fsp3) is 0.125. The third kappa shape index (κ3) is 2.69. The van der Waals surface area contributed by atoms with E-state index < -0.39 is 0 Å². The first-order chi connectivity index (χ1) is 3.93. The van der Waals surface area contributed by atoms with Crippen LogP contribution in [0.2, 0.25) is 0 Å². The molecule has 0 aliphatic heterocycles. The third-order valence-corrected chi connectivity index (χ3v) is 1.13. The molecule has 1 rings (SSSR count). The summed E-state index contributed by atoms with van der Waals surface area (Å²) in [5.74, 6) is 0. The van der Waals surface area contributed by atoms with Crippen LogP contribution in [0, 0.1) is 6.92 Å². The molecule has 0 aromatic heterocycles. The van der Waals surface area contributed by atoms with Crippen molar-refractivity contribution in [3.8, 4) is 0 Å². The molecule has 0 saturated heterocycles. The molecule has 0 saturated carbocycles. The fourth-order valence-corrected chi connectivity index (χ4v) is 0.645. The zero-order chi connectivity index (χ0) is 5.82. The molecule has 0 nitrogen and oxygen atoms in total. The van der Waals surface area contributed by atoms with E-state index in [1.807, 2.05) is 18.2 Å². The third-order valence-electron chi connectivity index (χ3n) is 1.13. The Hall–Kier alpha value is -0.261. The van der Waals surface area contributed by atoms with E-state index in [-0.39, 0.29) is 17.1 Å². The molecule has 1 heteroatoms. The largest absolute Gasteiger partial charge is 0.339 e. The summed E-state index contributed by atoms with van der Waals surface area (Å²) in [6, 6.07) is 10.2. The summed E-state index contributed by atoms with van der Waals surface area (Å²) in [5.41, 5.74) is 1.30. The van der Waals surface area contributed by atoms with Gasteiger partial charge in [0.05, 0.1) is 0 Å². The van der Waals surface area contributed by atoms with Crippen LogP contribution in [0.3, 0.4) is 0 Å². The van der Waals surface area contributed by atoms with Gasteiger partial charge in [-0.05, 0) is 0 Å². The first kappa shape index (κ1) is 8.74. The minimum Gasteiger partial charge on any atom is -0.339 e. The summed E-state index contributed by atoms with van der Waals surface area (Å²) >= 11 is 0. The van der Waals surface area contributed by atoms with E-state index in [4.69, 9.17) is 0 Å². The zero-order valence-electron chi connectivity index (χ0n) is 5.15. The van der Waals surface area contributed by atoms with Gasteiger partial charge in [-0.2, -0.15) is 6.42 Å². The molecule has 0 bridgehead atoms. The van der Waals surface area contributed by atoms with Gasteiger partial charge in [-0.3, -0.25) is 0 Å². The van der Waals surface area contributed by atoms with Gasteiger partial charge >= 0.3 is 0 Å². The van der Waals surface area contributed by atoms with Crippen molar-refractivity contribution in [2.45, 2.75) is 6.42 Å². The summed E-state index contributed by atoms with van der Waals surface area (Å²) in [6.07, 6.45) is 0.890. The quantitative estimate of drug-likeness (QED) is 0.436. The Morgan fingerprint density at radius 2 is 1.67 bits per heavy atom. The van der Waals surface area contributed by atoms with Crippen LogP contribution in [0.25, 0.3) is 0 Å². The number of hydrogen-bond donors (Lipinski definition) is 0. The molecule has 0 N–H and O–H groups in total. The predicted molar refractivity (Wildman–Crippen MR) is 35.5 cm³/mol. The molecule has 0 heterocycles. The first-order valence-electron chi connectivity index (χ1n) is 2.76. The first-order valence-corrected chi connectivity index (χ1v) is 2.76. The van der Waals surface area contributed by atoms with Crippen LogP contribution in [0.1, 0.15) is 5.56 Å². The minimum atomic E-state index is 0. The van der Waals surface area contributed by atoms with Crippen LogP contribution in [0.4, 0.5) is 0 Å². The molecule has 0 radical (unpaired) electrons. The van der Waals surface area contributed by atoms with E-state index in [0.717, 1.165) is 6.42 Å². The summed E-state index contributed by atoms with van der Waals surface area (Å²) in [6.45, 7) is 3.76. The molecule has 0 amide bonds. The Bertz CT molecular complexity index is 146. The standard InChI is InChI=1S/C8H9.Fe/c1-2-8-6-4-3-5-7-8;/h3-7H,1-2H2;/q-1;. The van der Waals surface area contributed by atoms with E-state index in [2.05, 4.69) is 19.1 Å². The van der Waals surface area contributed by atoms with Crippen LogP contribution >= 0.6 is 0 Å². The Balaban J connectivity index is 0.000000640. The molecular formula is C8H9Fe-. The van der Waals surface area contributed by atoms with Gasteiger partial charge in [0.15, 0.2) is 0 Å². The van der Waals surface area contributed by atoms with Crippen LogP contribution in [-0.4, -0.2) is 0 Å². The predicted octanol–water partition coefficient (Wildman–Crippen LogP) is 2.06. The van der Waals surface area contributed by atoms with Crippen LogP contribution in [-0.2, 0) is 23.5 Å². The molecule has 1 aromatic rings. The molecule has 0 unspecified atom stereocenters. The summed E-state index contributed by atoms with van der Waals surface area (Å²) in [5, 5.41) is 0. The Morgan fingerprint density at radius 3 is 2.00 bits per heavy atom. The Morgan fingerprint density at radius 1 is 1.11 bits per heavy atom.